The summed E-state index contributed by atoms with van der Waals surface area (Å²) in [5, 5.41) is 16.8. The molecule has 106 valence electrons. The van der Waals surface area contributed by atoms with Gasteiger partial charge in [-0.1, -0.05) is 17.8 Å². The van der Waals surface area contributed by atoms with Crippen LogP contribution in [0.4, 0.5) is 5.69 Å². The van der Waals surface area contributed by atoms with E-state index in [9.17, 15) is 4.79 Å². The van der Waals surface area contributed by atoms with Gasteiger partial charge in [-0.05, 0) is 18.2 Å². The molecule has 2 rings (SSSR count). The molecular formula is C13H15N3O3S. The second-order valence-electron chi connectivity index (χ2n) is 4.31. The Kier molecular flexibility index (Phi) is 4.62. The van der Waals surface area contributed by atoms with Crippen molar-refractivity contribution < 1.29 is 14.3 Å². The van der Waals surface area contributed by atoms with Gasteiger partial charge in [-0.25, -0.2) is 0 Å². The Morgan fingerprint density at radius 1 is 1.40 bits per heavy atom. The second-order valence-corrected chi connectivity index (χ2v) is 5.36. The molecule has 0 aliphatic heterocycles. The van der Waals surface area contributed by atoms with Gasteiger partial charge in [-0.15, -0.1) is 10.2 Å². The van der Waals surface area contributed by atoms with E-state index in [1.807, 2.05) is 43.3 Å². The van der Waals surface area contributed by atoms with E-state index in [4.69, 9.17) is 9.52 Å². The van der Waals surface area contributed by atoms with Gasteiger partial charge in [0.2, 0.25) is 5.89 Å². The van der Waals surface area contributed by atoms with Crippen molar-refractivity contribution >= 4 is 23.4 Å². The second kappa shape index (κ2) is 6.42. The topological polar surface area (TPSA) is 79.5 Å². The Balaban J connectivity index is 2.08. The van der Waals surface area contributed by atoms with E-state index in [0.717, 1.165) is 11.3 Å². The van der Waals surface area contributed by atoms with E-state index in [0.29, 0.717) is 16.9 Å². The number of nitrogens with zero attached hydrogens (tertiary/aromatic N) is 3. The third kappa shape index (κ3) is 3.74. The highest BCUT2D eigenvalue weighted by atomic mass is 32.2. The van der Waals surface area contributed by atoms with E-state index < -0.39 is 5.97 Å². The van der Waals surface area contributed by atoms with E-state index in [2.05, 4.69) is 10.2 Å². The first-order valence-corrected chi connectivity index (χ1v) is 7.00. The van der Waals surface area contributed by atoms with Gasteiger partial charge in [-0.2, -0.15) is 0 Å². The van der Waals surface area contributed by atoms with Crippen molar-refractivity contribution in [1.29, 1.82) is 0 Å². The summed E-state index contributed by atoms with van der Waals surface area (Å²) < 4.78 is 5.52. The smallest absolute Gasteiger partial charge is 0.304 e. The minimum Gasteiger partial charge on any atom is -0.481 e. The van der Waals surface area contributed by atoms with Crippen LogP contribution in [0.3, 0.4) is 0 Å². The lowest BCUT2D eigenvalue weighted by Gasteiger charge is -2.12. The van der Waals surface area contributed by atoms with Crippen molar-refractivity contribution in [3.63, 3.8) is 0 Å². The van der Waals surface area contributed by atoms with Crippen LogP contribution >= 0.6 is 11.8 Å². The first-order chi connectivity index (χ1) is 9.56. The molecule has 1 aromatic heterocycles. The Hall–Kier alpha value is -2.02. The Bertz CT molecular complexity index is 598. The van der Waals surface area contributed by atoms with Crippen LogP contribution in [-0.4, -0.2) is 41.1 Å². The molecule has 20 heavy (non-hydrogen) atoms. The number of benzene rings is 1. The summed E-state index contributed by atoms with van der Waals surface area (Å²) >= 11 is 1.24. The molecule has 1 N–H and O–H groups in total. The summed E-state index contributed by atoms with van der Waals surface area (Å²) in [5.41, 5.74) is 1.88. The van der Waals surface area contributed by atoms with E-state index in [1.54, 1.807) is 0 Å². The molecule has 0 amide bonds. The van der Waals surface area contributed by atoms with Crippen LogP contribution in [0, 0.1) is 0 Å². The molecule has 1 heterocycles. The standard InChI is InChI=1S/C13H15N3O3S/c1-16(2)10-5-3-4-9(8-10)12-14-15-13(19-12)20-7-6-11(17)18/h3-5,8H,6-7H2,1-2H3,(H,17,18). The first-order valence-electron chi connectivity index (χ1n) is 6.02. The molecule has 0 fully saturated rings. The summed E-state index contributed by atoms with van der Waals surface area (Å²) in [5.74, 6) is 0.0109. The third-order valence-corrected chi connectivity index (χ3v) is 3.38. The van der Waals surface area contributed by atoms with Crippen LogP contribution in [0.1, 0.15) is 6.42 Å². The van der Waals surface area contributed by atoms with Gasteiger partial charge in [0.25, 0.3) is 5.22 Å². The number of carboxylic acids is 1. The minimum atomic E-state index is -0.837. The Morgan fingerprint density at radius 3 is 2.90 bits per heavy atom. The van der Waals surface area contributed by atoms with Crippen molar-refractivity contribution in [3.8, 4) is 11.5 Å². The largest absolute Gasteiger partial charge is 0.481 e. The maximum Gasteiger partial charge on any atom is 0.304 e. The number of thioether (sulfide) groups is 1. The third-order valence-electron chi connectivity index (χ3n) is 2.56. The Labute approximate surface area is 120 Å². The minimum absolute atomic E-state index is 0.0680. The maximum atomic E-state index is 10.4. The fraction of sp³-hybridized carbons (Fsp3) is 0.308. The maximum absolute atomic E-state index is 10.4. The van der Waals surface area contributed by atoms with Crippen LogP contribution in [0.5, 0.6) is 0 Å². The highest BCUT2D eigenvalue weighted by Crippen LogP contribution is 2.26. The molecule has 0 aliphatic rings. The molecule has 0 unspecified atom stereocenters. The van der Waals surface area contributed by atoms with Crippen molar-refractivity contribution in [1.82, 2.24) is 10.2 Å². The van der Waals surface area contributed by atoms with Crippen molar-refractivity contribution in [2.24, 2.45) is 0 Å². The molecule has 7 heteroatoms. The lowest BCUT2D eigenvalue weighted by atomic mass is 10.2. The van der Waals surface area contributed by atoms with Crippen molar-refractivity contribution in [3.05, 3.63) is 24.3 Å². The van der Waals surface area contributed by atoms with Crippen molar-refractivity contribution in [2.45, 2.75) is 11.6 Å². The average Bonchev–Trinajstić information content (AvgIpc) is 2.87. The monoisotopic (exact) mass is 293 g/mol. The highest BCUT2D eigenvalue weighted by Gasteiger charge is 2.10. The number of aromatic nitrogens is 2. The van der Waals surface area contributed by atoms with Crippen LogP contribution in [0.25, 0.3) is 11.5 Å². The predicted octanol–water partition coefficient (Wildman–Crippen LogP) is 2.37. The number of aliphatic carboxylic acids is 1. The molecule has 6 nitrogen and oxygen atoms in total. The van der Waals surface area contributed by atoms with Crippen LogP contribution < -0.4 is 4.90 Å². The molecular weight excluding hydrogens is 278 g/mol. The lowest BCUT2D eigenvalue weighted by Crippen LogP contribution is -2.08. The number of carboxylic acid groups (broad SMARTS) is 1. The molecule has 2 aromatic rings. The van der Waals surface area contributed by atoms with E-state index in [1.165, 1.54) is 11.8 Å². The van der Waals surface area contributed by atoms with Gasteiger partial charge in [0.05, 0.1) is 6.42 Å². The number of hydrogen-bond donors (Lipinski definition) is 1. The van der Waals surface area contributed by atoms with Crippen molar-refractivity contribution in [2.75, 3.05) is 24.7 Å². The van der Waals surface area contributed by atoms with E-state index >= 15 is 0 Å². The SMILES string of the molecule is CN(C)c1cccc(-c2nnc(SCCC(=O)O)o2)c1. The van der Waals surface area contributed by atoms with Crippen LogP contribution in [-0.2, 0) is 4.79 Å². The molecule has 0 spiro atoms. The molecule has 0 saturated heterocycles. The molecule has 0 saturated carbocycles. The molecule has 1 aromatic carbocycles. The Morgan fingerprint density at radius 2 is 2.20 bits per heavy atom. The average molecular weight is 293 g/mol. The summed E-state index contributed by atoms with van der Waals surface area (Å²) in [6.45, 7) is 0. The zero-order valence-corrected chi connectivity index (χ0v) is 12.1. The predicted molar refractivity (Wildman–Crippen MR) is 77.0 cm³/mol. The fourth-order valence-corrected chi connectivity index (χ4v) is 2.22. The molecule has 0 radical (unpaired) electrons. The van der Waals surface area contributed by atoms with Gasteiger partial charge in [0.1, 0.15) is 0 Å². The normalized spacial score (nSPS) is 10.5. The van der Waals surface area contributed by atoms with Gasteiger partial charge in [-0.3, -0.25) is 4.79 Å². The fourth-order valence-electron chi connectivity index (χ4n) is 1.53. The quantitative estimate of drug-likeness (QED) is 0.819. The van der Waals surface area contributed by atoms with Gasteiger partial charge in [0, 0.05) is 31.1 Å². The van der Waals surface area contributed by atoms with E-state index in [-0.39, 0.29) is 6.42 Å². The summed E-state index contributed by atoms with van der Waals surface area (Å²) in [4.78, 5) is 12.4. The molecule has 0 bridgehead atoms. The number of carbonyl (C=O) groups is 1. The van der Waals surface area contributed by atoms with Gasteiger partial charge >= 0.3 is 5.97 Å². The number of anilines is 1. The highest BCUT2D eigenvalue weighted by molar-refractivity contribution is 7.99. The number of rotatable bonds is 6. The van der Waals surface area contributed by atoms with Gasteiger partial charge < -0.3 is 14.4 Å². The molecule has 0 atom stereocenters. The lowest BCUT2D eigenvalue weighted by molar-refractivity contribution is -0.136. The summed E-state index contributed by atoms with van der Waals surface area (Å²) in [7, 11) is 3.92. The summed E-state index contributed by atoms with van der Waals surface area (Å²) in [6.07, 6.45) is 0.0680. The summed E-state index contributed by atoms with van der Waals surface area (Å²) in [6, 6.07) is 7.76. The molecule has 0 aliphatic carbocycles. The van der Waals surface area contributed by atoms with Crippen LogP contribution in [0.15, 0.2) is 33.9 Å². The number of hydrogen-bond acceptors (Lipinski definition) is 6. The first kappa shape index (κ1) is 14.4. The zero-order chi connectivity index (χ0) is 14.5. The zero-order valence-electron chi connectivity index (χ0n) is 11.2. The van der Waals surface area contributed by atoms with Gasteiger partial charge in [0.15, 0.2) is 0 Å². The van der Waals surface area contributed by atoms with Crippen LogP contribution in [0.2, 0.25) is 0 Å².